The number of H-pyrrole nitrogens is 1. The third-order valence-electron chi connectivity index (χ3n) is 4.84. The van der Waals surface area contributed by atoms with Crippen LogP contribution in [-0.4, -0.2) is 45.7 Å². The highest BCUT2D eigenvalue weighted by molar-refractivity contribution is 5.90. The second kappa shape index (κ2) is 9.50. The molecule has 1 fully saturated rings. The molecule has 0 radical (unpaired) electrons. The number of carbonyl (C=O) groups excluding carboxylic acids is 2. The summed E-state index contributed by atoms with van der Waals surface area (Å²) >= 11 is 0. The fraction of sp³-hybridized carbons (Fsp3) is 0.579. The van der Waals surface area contributed by atoms with Crippen molar-refractivity contribution in [1.82, 2.24) is 25.8 Å². The highest BCUT2D eigenvalue weighted by Crippen LogP contribution is 2.27. The van der Waals surface area contributed by atoms with Gasteiger partial charge in [0.25, 0.3) is 5.91 Å². The third-order valence-corrected chi connectivity index (χ3v) is 4.84. The summed E-state index contributed by atoms with van der Waals surface area (Å²) in [7, 11) is 0. The van der Waals surface area contributed by atoms with Crippen LogP contribution in [0.25, 0.3) is 0 Å². The molecule has 9 heteroatoms. The van der Waals surface area contributed by atoms with Gasteiger partial charge in [0.1, 0.15) is 0 Å². The molecular formula is C19H27N5O4. The molecule has 152 valence electrons. The summed E-state index contributed by atoms with van der Waals surface area (Å²) in [5.74, 6) is 0.446. The Morgan fingerprint density at radius 1 is 1.39 bits per heavy atom. The van der Waals surface area contributed by atoms with Crippen LogP contribution >= 0.6 is 0 Å². The number of rotatable bonds is 8. The van der Waals surface area contributed by atoms with E-state index >= 15 is 0 Å². The lowest BCUT2D eigenvalue weighted by molar-refractivity contribution is -0.128. The van der Waals surface area contributed by atoms with Gasteiger partial charge in [-0.1, -0.05) is 12.1 Å². The van der Waals surface area contributed by atoms with Crippen molar-refractivity contribution in [3.63, 3.8) is 0 Å². The lowest BCUT2D eigenvalue weighted by Crippen LogP contribution is -2.50. The Labute approximate surface area is 163 Å². The van der Waals surface area contributed by atoms with Gasteiger partial charge < -0.3 is 24.9 Å². The van der Waals surface area contributed by atoms with Crippen molar-refractivity contribution in [3.8, 4) is 0 Å². The van der Waals surface area contributed by atoms with Gasteiger partial charge >= 0.3 is 0 Å². The van der Waals surface area contributed by atoms with Crippen molar-refractivity contribution in [3.05, 3.63) is 35.7 Å². The van der Waals surface area contributed by atoms with Crippen LogP contribution in [0.3, 0.4) is 0 Å². The molecule has 2 amide bonds. The molecule has 0 spiro atoms. The number of nitrogens with one attached hydrogen (secondary N) is 3. The minimum Gasteiger partial charge on any atom is -0.376 e. The average molecular weight is 389 g/mol. The Morgan fingerprint density at radius 3 is 2.93 bits per heavy atom. The monoisotopic (exact) mass is 389 g/mol. The fourth-order valence-electron chi connectivity index (χ4n) is 3.43. The molecule has 2 aromatic rings. The second-order valence-corrected chi connectivity index (χ2v) is 7.09. The number of hydrogen-bond donors (Lipinski definition) is 3. The summed E-state index contributed by atoms with van der Waals surface area (Å²) in [6, 6.07) is 1.65. The van der Waals surface area contributed by atoms with Crippen LogP contribution in [0.1, 0.15) is 54.7 Å². The first kappa shape index (κ1) is 20.1. The van der Waals surface area contributed by atoms with Gasteiger partial charge in [0.2, 0.25) is 5.91 Å². The van der Waals surface area contributed by atoms with Gasteiger partial charge in [-0.3, -0.25) is 9.59 Å². The number of amides is 2. The Morgan fingerprint density at radius 2 is 2.25 bits per heavy atom. The first-order valence-corrected chi connectivity index (χ1v) is 9.68. The summed E-state index contributed by atoms with van der Waals surface area (Å²) in [4.78, 5) is 31.7. The second-order valence-electron chi connectivity index (χ2n) is 7.09. The first-order chi connectivity index (χ1) is 13.6. The molecule has 1 aliphatic rings. The molecule has 28 heavy (non-hydrogen) atoms. The molecule has 1 aliphatic carbocycles. The normalized spacial score (nSPS) is 22.0. The summed E-state index contributed by atoms with van der Waals surface area (Å²) in [6.07, 6.45) is 5.71. The molecule has 2 heterocycles. The van der Waals surface area contributed by atoms with Gasteiger partial charge in [-0.15, -0.1) is 0 Å². The zero-order chi connectivity index (χ0) is 19.9. The van der Waals surface area contributed by atoms with E-state index in [1.165, 1.54) is 6.20 Å². The van der Waals surface area contributed by atoms with Crippen molar-refractivity contribution >= 4 is 11.8 Å². The molecule has 9 nitrogen and oxygen atoms in total. The molecular weight excluding hydrogens is 362 g/mol. The summed E-state index contributed by atoms with van der Waals surface area (Å²) in [5, 5.41) is 9.71. The van der Waals surface area contributed by atoms with E-state index in [4.69, 9.17) is 9.26 Å². The van der Waals surface area contributed by atoms with E-state index in [0.29, 0.717) is 38.2 Å². The van der Waals surface area contributed by atoms with Crippen molar-refractivity contribution < 1.29 is 18.8 Å². The number of nitrogens with zero attached hydrogens (tertiary/aromatic N) is 2. The number of ether oxygens (including phenoxy) is 1. The van der Waals surface area contributed by atoms with Gasteiger partial charge in [0.05, 0.1) is 24.4 Å². The maximum absolute atomic E-state index is 12.6. The van der Waals surface area contributed by atoms with Crippen molar-refractivity contribution in [1.29, 1.82) is 0 Å². The quantitative estimate of drug-likeness (QED) is 0.632. The molecule has 0 aliphatic heterocycles. The maximum Gasteiger partial charge on any atom is 0.287 e. The van der Waals surface area contributed by atoms with Crippen molar-refractivity contribution in [2.45, 2.75) is 58.2 Å². The predicted octanol–water partition coefficient (Wildman–Crippen LogP) is 1.72. The Kier molecular flexibility index (Phi) is 6.80. The molecule has 1 saturated carbocycles. The number of imidazole rings is 1. The molecule has 3 rings (SSSR count). The molecule has 2 aromatic heterocycles. The number of hydrogen-bond acceptors (Lipinski definition) is 6. The topological polar surface area (TPSA) is 122 Å². The summed E-state index contributed by atoms with van der Waals surface area (Å²) in [6.45, 7) is 4.77. The van der Waals surface area contributed by atoms with Gasteiger partial charge in [0, 0.05) is 31.0 Å². The molecule has 0 saturated heterocycles. The number of carbonyl (C=O) groups is 2. The minimum atomic E-state index is -0.260. The Balaban J connectivity index is 1.56. The van der Waals surface area contributed by atoms with E-state index in [0.717, 1.165) is 12.1 Å². The van der Waals surface area contributed by atoms with Crippen LogP contribution in [0.5, 0.6) is 0 Å². The average Bonchev–Trinajstić information content (AvgIpc) is 3.37. The lowest BCUT2D eigenvalue weighted by Gasteiger charge is -2.35. The number of aromatic nitrogens is 3. The van der Waals surface area contributed by atoms with Crippen LogP contribution in [0.15, 0.2) is 23.0 Å². The van der Waals surface area contributed by atoms with Crippen LogP contribution < -0.4 is 10.6 Å². The predicted molar refractivity (Wildman–Crippen MR) is 100 cm³/mol. The molecule has 0 aromatic carbocycles. The van der Waals surface area contributed by atoms with Gasteiger partial charge in [-0.25, -0.2) is 4.98 Å². The maximum atomic E-state index is 12.6. The molecule has 0 bridgehead atoms. The van der Waals surface area contributed by atoms with Crippen LogP contribution in [0.4, 0.5) is 0 Å². The fourth-order valence-corrected chi connectivity index (χ4v) is 3.43. The SMILES string of the molecule is CCCO[C@@H]1C[C@@H](C(=O)NCc2cc(C)no2)CC[C@H]1NC(=O)c1ncc[nH]1. The summed E-state index contributed by atoms with van der Waals surface area (Å²) in [5.41, 5.74) is 0.782. The van der Waals surface area contributed by atoms with Crippen molar-refractivity contribution in [2.75, 3.05) is 6.61 Å². The minimum absolute atomic E-state index is 0.0324. The third kappa shape index (κ3) is 5.19. The van der Waals surface area contributed by atoms with Gasteiger partial charge in [0.15, 0.2) is 11.6 Å². The van der Waals surface area contributed by atoms with Crippen LogP contribution in [-0.2, 0) is 16.1 Å². The van der Waals surface area contributed by atoms with E-state index in [9.17, 15) is 9.59 Å². The zero-order valence-corrected chi connectivity index (χ0v) is 16.2. The van der Waals surface area contributed by atoms with E-state index in [1.54, 1.807) is 12.3 Å². The Bertz CT molecular complexity index is 773. The summed E-state index contributed by atoms with van der Waals surface area (Å²) < 4.78 is 11.1. The highest BCUT2D eigenvalue weighted by atomic mass is 16.5. The van der Waals surface area contributed by atoms with Crippen LogP contribution in [0.2, 0.25) is 0 Å². The smallest absolute Gasteiger partial charge is 0.287 e. The van der Waals surface area contributed by atoms with Gasteiger partial charge in [-0.2, -0.15) is 0 Å². The van der Waals surface area contributed by atoms with E-state index in [-0.39, 0.29) is 35.7 Å². The first-order valence-electron chi connectivity index (χ1n) is 9.68. The number of aromatic amines is 1. The highest BCUT2D eigenvalue weighted by Gasteiger charge is 2.35. The van der Waals surface area contributed by atoms with E-state index in [2.05, 4.69) is 25.8 Å². The lowest BCUT2D eigenvalue weighted by atomic mass is 9.83. The van der Waals surface area contributed by atoms with Crippen LogP contribution in [0, 0.1) is 12.8 Å². The zero-order valence-electron chi connectivity index (χ0n) is 16.2. The largest absolute Gasteiger partial charge is 0.376 e. The molecule has 3 N–H and O–H groups in total. The standard InChI is InChI=1S/C19H27N5O4/c1-3-8-27-16-10-13(18(25)22-11-14-9-12(2)24-28-14)4-5-15(16)23-19(26)17-20-6-7-21-17/h6-7,9,13,15-16H,3-5,8,10-11H2,1-2H3,(H,20,21)(H,22,25)(H,23,26)/t13-,15+,16+/m0/s1. The van der Waals surface area contributed by atoms with E-state index < -0.39 is 0 Å². The van der Waals surface area contributed by atoms with Gasteiger partial charge in [-0.05, 0) is 32.6 Å². The number of aryl methyl sites for hydroxylation is 1. The van der Waals surface area contributed by atoms with E-state index in [1.807, 2.05) is 13.8 Å². The van der Waals surface area contributed by atoms with Crippen molar-refractivity contribution in [2.24, 2.45) is 5.92 Å². The molecule has 3 atom stereocenters. The Hall–Kier alpha value is -2.68. The molecule has 0 unspecified atom stereocenters.